The zero-order valence-electron chi connectivity index (χ0n) is 9.81. The van der Waals surface area contributed by atoms with Gasteiger partial charge in [0.1, 0.15) is 5.82 Å². The van der Waals surface area contributed by atoms with Gasteiger partial charge in [-0.15, -0.1) is 0 Å². The summed E-state index contributed by atoms with van der Waals surface area (Å²) in [7, 11) is 0. The standard InChI is InChI=1S/C14H12Br2FN/c1-9-2-3-14(13(16)4-9)18-8-10-5-11(15)7-12(17)6-10/h2-7,18H,8H2,1H3. The van der Waals surface area contributed by atoms with Gasteiger partial charge in [-0.25, -0.2) is 4.39 Å². The molecular formula is C14H12Br2FN. The zero-order valence-corrected chi connectivity index (χ0v) is 13.0. The molecule has 94 valence electrons. The molecule has 0 unspecified atom stereocenters. The summed E-state index contributed by atoms with van der Waals surface area (Å²) < 4.78 is 15.0. The van der Waals surface area contributed by atoms with Gasteiger partial charge in [-0.1, -0.05) is 22.0 Å². The van der Waals surface area contributed by atoms with E-state index in [1.165, 1.54) is 17.7 Å². The maximum Gasteiger partial charge on any atom is 0.124 e. The molecule has 0 atom stereocenters. The average molecular weight is 373 g/mol. The number of anilines is 1. The van der Waals surface area contributed by atoms with Crippen LogP contribution in [0.3, 0.4) is 0 Å². The Hall–Kier alpha value is -0.870. The molecular weight excluding hydrogens is 361 g/mol. The first-order valence-corrected chi connectivity index (χ1v) is 7.08. The highest BCUT2D eigenvalue weighted by Crippen LogP contribution is 2.24. The SMILES string of the molecule is Cc1ccc(NCc2cc(F)cc(Br)c2)c(Br)c1. The van der Waals surface area contributed by atoms with Crippen LogP contribution in [0.4, 0.5) is 10.1 Å². The number of rotatable bonds is 3. The molecule has 1 N–H and O–H groups in total. The van der Waals surface area contributed by atoms with Crippen molar-refractivity contribution in [3.8, 4) is 0 Å². The number of hydrogen-bond acceptors (Lipinski definition) is 1. The van der Waals surface area contributed by atoms with E-state index in [2.05, 4.69) is 37.2 Å². The molecule has 0 heterocycles. The fourth-order valence-corrected chi connectivity index (χ4v) is 2.82. The summed E-state index contributed by atoms with van der Waals surface area (Å²) in [5, 5.41) is 3.28. The minimum atomic E-state index is -0.232. The van der Waals surface area contributed by atoms with Crippen molar-refractivity contribution in [2.24, 2.45) is 0 Å². The van der Waals surface area contributed by atoms with E-state index < -0.39 is 0 Å². The lowest BCUT2D eigenvalue weighted by Crippen LogP contribution is -2.00. The topological polar surface area (TPSA) is 12.0 Å². The Kier molecular flexibility index (Phi) is 4.40. The lowest BCUT2D eigenvalue weighted by molar-refractivity contribution is 0.625. The van der Waals surface area contributed by atoms with E-state index in [-0.39, 0.29) is 5.82 Å². The first kappa shape index (κ1) is 13.6. The van der Waals surface area contributed by atoms with E-state index in [1.54, 1.807) is 0 Å². The third-order valence-corrected chi connectivity index (χ3v) is 3.64. The molecule has 0 aromatic heterocycles. The second kappa shape index (κ2) is 5.85. The Labute approximate surface area is 123 Å². The average Bonchev–Trinajstić information content (AvgIpc) is 2.26. The van der Waals surface area contributed by atoms with Gasteiger partial charge in [-0.2, -0.15) is 0 Å². The third kappa shape index (κ3) is 3.56. The van der Waals surface area contributed by atoms with Gasteiger partial charge in [-0.3, -0.25) is 0 Å². The number of halogens is 3. The molecule has 0 spiro atoms. The molecule has 4 heteroatoms. The lowest BCUT2D eigenvalue weighted by atomic mass is 10.2. The Morgan fingerprint density at radius 2 is 1.89 bits per heavy atom. The molecule has 1 nitrogen and oxygen atoms in total. The third-order valence-electron chi connectivity index (χ3n) is 2.53. The van der Waals surface area contributed by atoms with Crippen LogP contribution in [0.5, 0.6) is 0 Å². The Morgan fingerprint density at radius 1 is 1.11 bits per heavy atom. The predicted octanol–water partition coefficient (Wildman–Crippen LogP) is 5.27. The zero-order chi connectivity index (χ0) is 13.1. The molecule has 0 amide bonds. The first-order valence-electron chi connectivity index (χ1n) is 5.49. The first-order chi connectivity index (χ1) is 8.54. The van der Waals surface area contributed by atoms with Crippen LogP contribution in [-0.2, 0) is 6.54 Å². The maximum atomic E-state index is 13.2. The van der Waals surface area contributed by atoms with Crippen molar-refractivity contribution in [3.63, 3.8) is 0 Å². The van der Waals surface area contributed by atoms with Gasteiger partial charge in [0.2, 0.25) is 0 Å². The van der Waals surface area contributed by atoms with E-state index in [1.807, 2.05) is 31.2 Å². The smallest absolute Gasteiger partial charge is 0.124 e. The predicted molar refractivity (Wildman–Crippen MR) is 80.3 cm³/mol. The summed E-state index contributed by atoms with van der Waals surface area (Å²) in [5.74, 6) is -0.232. The van der Waals surface area contributed by atoms with Gasteiger partial charge in [-0.05, 0) is 64.3 Å². The Morgan fingerprint density at radius 3 is 2.56 bits per heavy atom. The van der Waals surface area contributed by atoms with Crippen LogP contribution in [-0.4, -0.2) is 0 Å². The molecule has 0 bridgehead atoms. The fraction of sp³-hybridized carbons (Fsp3) is 0.143. The van der Waals surface area contributed by atoms with Crippen molar-refractivity contribution >= 4 is 37.5 Å². The Bertz CT molecular complexity index is 549. The van der Waals surface area contributed by atoms with Gasteiger partial charge >= 0.3 is 0 Å². The van der Waals surface area contributed by atoms with Gasteiger partial charge in [0.15, 0.2) is 0 Å². The molecule has 0 saturated heterocycles. The van der Waals surface area contributed by atoms with Crippen molar-refractivity contribution in [2.75, 3.05) is 5.32 Å². The van der Waals surface area contributed by atoms with Crippen molar-refractivity contribution in [3.05, 3.63) is 62.3 Å². The summed E-state index contributed by atoms with van der Waals surface area (Å²) in [4.78, 5) is 0. The fourth-order valence-electron chi connectivity index (χ4n) is 1.67. The second-order valence-electron chi connectivity index (χ2n) is 4.11. The second-order valence-corrected chi connectivity index (χ2v) is 5.88. The van der Waals surface area contributed by atoms with Crippen LogP contribution in [0.15, 0.2) is 45.3 Å². The summed E-state index contributed by atoms with van der Waals surface area (Å²) in [5.41, 5.74) is 3.09. The summed E-state index contributed by atoms with van der Waals surface area (Å²) in [6, 6.07) is 11.0. The number of hydrogen-bond donors (Lipinski definition) is 1. The van der Waals surface area contributed by atoms with Crippen molar-refractivity contribution < 1.29 is 4.39 Å². The van der Waals surface area contributed by atoms with Crippen molar-refractivity contribution in [2.45, 2.75) is 13.5 Å². The summed E-state index contributed by atoms with van der Waals surface area (Å²) in [6.07, 6.45) is 0. The van der Waals surface area contributed by atoms with Crippen molar-refractivity contribution in [1.82, 2.24) is 0 Å². The molecule has 2 aromatic carbocycles. The van der Waals surface area contributed by atoms with E-state index in [0.29, 0.717) is 6.54 Å². The highest BCUT2D eigenvalue weighted by atomic mass is 79.9. The molecule has 2 rings (SSSR count). The molecule has 0 aliphatic heterocycles. The van der Waals surface area contributed by atoms with Crippen LogP contribution >= 0.6 is 31.9 Å². The summed E-state index contributed by atoms with van der Waals surface area (Å²) in [6.45, 7) is 2.62. The van der Waals surface area contributed by atoms with Crippen LogP contribution in [0, 0.1) is 12.7 Å². The highest BCUT2D eigenvalue weighted by Gasteiger charge is 2.02. The minimum Gasteiger partial charge on any atom is -0.380 e. The van der Waals surface area contributed by atoms with Gasteiger partial charge in [0.25, 0.3) is 0 Å². The quantitative estimate of drug-likeness (QED) is 0.773. The number of aryl methyl sites for hydroxylation is 1. The van der Waals surface area contributed by atoms with E-state index in [4.69, 9.17) is 0 Å². The normalized spacial score (nSPS) is 10.4. The Balaban J connectivity index is 2.11. The molecule has 0 aliphatic carbocycles. The molecule has 0 fully saturated rings. The van der Waals surface area contributed by atoms with Gasteiger partial charge < -0.3 is 5.32 Å². The van der Waals surface area contributed by atoms with Crippen molar-refractivity contribution in [1.29, 1.82) is 0 Å². The van der Waals surface area contributed by atoms with E-state index in [9.17, 15) is 4.39 Å². The van der Waals surface area contributed by atoms with Gasteiger partial charge in [0, 0.05) is 21.2 Å². The molecule has 0 radical (unpaired) electrons. The molecule has 0 saturated carbocycles. The van der Waals surface area contributed by atoms with Crippen LogP contribution in [0.25, 0.3) is 0 Å². The summed E-state index contributed by atoms with van der Waals surface area (Å²) >= 11 is 6.79. The molecule has 2 aromatic rings. The number of benzene rings is 2. The van der Waals surface area contributed by atoms with Crippen LogP contribution < -0.4 is 5.32 Å². The monoisotopic (exact) mass is 371 g/mol. The minimum absolute atomic E-state index is 0.232. The highest BCUT2D eigenvalue weighted by molar-refractivity contribution is 9.10. The van der Waals surface area contributed by atoms with Crippen LogP contribution in [0.2, 0.25) is 0 Å². The van der Waals surface area contributed by atoms with Crippen LogP contribution in [0.1, 0.15) is 11.1 Å². The largest absolute Gasteiger partial charge is 0.380 e. The molecule has 18 heavy (non-hydrogen) atoms. The lowest BCUT2D eigenvalue weighted by Gasteiger charge is -2.09. The van der Waals surface area contributed by atoms with E-state index in [0.717, 1.165) is 20.2 Å². The van der Waals surface area contributed by atoms with E-state index >= 15 is 0 Å². The number of nitrogens with one attached hydrogen (secondary N) is 1. The van der Waals surface area contributed by atoms with Gasteiger partial charge in [0.05, 0.1) is 0 Å². The molecule has 0 aliphatic rings. The maximum absolute atomic E-state index is 13.2.